The van der Waals surface area contributed by atoms with Gasteiger partial charge in [0.05, 0.1) is 12.4 Å². The molecule has 1 aliphatic heterocycles. The van der Waals surface area contributed by atoms with Crippen molar-refractivity contribution in [1.29, 1.82) is 0 Å². The molecular formula is C19H19N3. The molecule has 0 fully saturated rings. The summed E-state index contributed by atoms with van der Waals surface area (Å²) in [5.41, 5.74) is 5.51. The van der Waals surface area contributed by atoms with Gasteiger partial charge in [0.15, 0.2) is 0 Å². The summed E-state index contributed by atoms with van der Waals surface area (Å²) in [7, 11) is 0. The normalized spacial score (nSPS) is 17.2. The Morgan fingerprint density at radius 1 is 1.09 bits per heavy atom. The molecule has 110 valence electrons. The summed E-state index contributed by atoms with van der Waals surface area (Å²) < 4.78 is 2.09. The van der Waals surface area contributed by atoms with E-state index < -0.39 is 0 Å². The molecule has 2 heterocycles. The molecule has 22 heavy (non-hydrogen) atoms. The molecule has 3 nitrogen and oxygen atoms in total. The molecule has 3 heteroatoms. The van der Waals surface area contributed by atoms with Crippen LogP contribution < -0.4 is 5.32 Å². The maximum absolute atomic E-state index is 4.09. The zero-order valence-corrected chi connectivity index (χ0v) is 12.4. The summed E-state index contributed by atoms with van der Waals surface area (Å²) >= 11 is 0. The van der Waals surface area contributed by atoms with Crippen molar-refractivity contribution in [2.24, 2.45) is 0 Å². The van der Waals surface area contributed by atoms with Crippen molar-refractivity contribution in [2.75, 3.05) is 6.54 Å². The van der Waals surface area contributed by atoms with Gasteiger partial charge in [-0.05, 0) is 28.7 Å². The van der Waals surface area contributed by atoms with Crippen LogP contribution in [0.2, 0.25) is 0 Å². The molecule has 1 aromatic heterocycles. The van der Waals surface area contributed by atoms with Gasteiger partial charge in [-0.25, -0.2) is 4.98 Å². The minimum Gasteiger partial charge on any atom is -0.333 e. The summed E-state index contributed by atoms with van der Waals surface area (Å²) in [4.78, 5) is 4.09. The van der Waals surface area contributed by atoms with Crippen LogP contribution >= 0.6 is 0 Å². The first kappa shape index (κ1) is 13.3. The van der Waals surface area contributed by atoms with E-state index >= 15 is 0 Å². The first-order chi connectivity index (χ1) is 10.9. The molecule has 0 spiro atoms. The van der Waals surface area contributed by atoms with E-state index in [9.17, 15) is 0 Å². The Hall–Kier alpha value is -2.39. The van der Waals surface area contributed by atoms with Gasteiger partial charge in [-0.1, -0.05) is 48.5 Å². The third-order valence-corrected chi connectivity index (χ3v) is 4.35. The number of fused-ring (bicyclic) bond motifs is 1. The fraction of sp³-hybridized carbons (Fsp3) is 0.211. The average molecular weight is 289 g/mol. The van der Waals surface area contributed by atoms with Crippen LogP contribution in [0.25, 0.3) is 0 Å². The highest BCUT2D eigenvalue weighted by atomic mass is 15.0. The molecule has 0 saturated heterocycles. The highest BCUT2D eigenvalue weighted by Crippen LogP contribution is 2.28. The fourth-order valence-corrected chi connectivity index (χ4v) is 3.21. The van der Waals surface area contributed by atoms with E-state index in [0.717, 1.165) is 19.5 Å². The van der Waals surface area contributed by atoms with Crippen LogP contribution in [0, 0.1) is 0 Å². The topological polar surface area (TPSA) is 29.9 Å². The van der Waals surface area contributed by atoms with Gasteiger partial charge in [-0.15, -0.1) is 0 Å². The number of imidazole rings is 1. The average Bonchev–Trinajstić information content (AvgIpc) is 3.08. The van der Waals surface area contributed by atoms with Crippen LogP contribution in [-0.4, -0.2) is 16.1 Å². The lowest BCUT2D eigenvalue weighted by molar-refractivity contribution is 0.567. The lowest BCUT2D eigenvalue weighted by atomic mass is 9.89. The molecule has 1 N–H and O–H groups in total. The zero-order chi connectivity index (χ0) is 14.8. The van der Waals surface area contributed by atoms with Crippen molar-refractivity contribution in [3.63, 3.8) is 0 Å². The van der Waals surface area contributed by atoms with Gasteiger partial charge in [-0.3, -0.25) is 0 Å². The van der Waals surface area contributed by atoms with E-state index in [1.54, 1.807) is 0 Å². The minimum absolute atomic E-state index is 0.312. The van der Waals surface area contributed by atoms with Crippen LogP contribution in [0.1, 0.15) is 28.3 Å². The molecule has 4 rings (SSSR count). The Balaban J connectivity index is 1.59. The molecule has 1 atom stereocenters. The summed E-state index contributed by atoms with van der Waals surface area (Å²) in [5.74, 6) is 0. The molecule has 0 bridgehead atoms. The van der Waals surface area contributed by atoms with Gasteiger partial charge < -0.3 is 9.88 Å². The molecular weight excluding hydrogens is 270 g/mol. The summed E-state index contributed by atoms with van der Waals surface area (Å²) in [6, 6.07) is 18.0. The van der Waals surface area contributed by atoms with Crippen LogP contribution in [-0.2, 0) is 13.0 Å². The smallest absolute Gasteiger partial charge is 0.0949 e. The Bertz CT molecular complexity index is 745. The summed E-state index contributed by atoms with van der Waals surface area (Å²) in [6.07, 6.45) is 6.78. The zero-order valence-electron chi connectivity index (χ0n) is 12.4. The van der Waals surface area contributed by atoms with Crippen LogP contribution in [0.4, 0.5) is 0 Å². The van der Waals surface area contributed by atoms with E-state index in [1.165, 1.54) is 22.3 Å². The lowest BCUT2D eigenvalue weighted by Gasteiger charge is -2.27. The monoisotopic (exact) mass is 289 g/mol. The third-order valence-electron chi connectivity index (χ3n) is 4.35. The second-order valence-corrected chi connectivity index (χ2v) is 5.81. The molecule has 0 aliphatic carbocycles. The van der Waals surface area contributed by atoms with Gasteiger partial charge in [0, 0.05) is 25.5 Å². The quantitative estimate of drug-likeness (QED) is 0.802. The lowest BCUT2D eigenvalue weighted by Crippen LogP contribution is -2.30. The van der Waals surface area contributed by atoms with Gasteiger partial charge in [0.25, 0.3) is 0 Å². The van der Waals surface area contributed by atoms with Gasteiger partial charge >= 0.3 is 0 Å². The van der Waals surface area contributed by atoms with Crippen LogP contribution in [0.15, 0.2) is 67.3 Å². The van der Waals surface area contributed by atoms with Gasteiger partial charge in [-0.2, -0.15) is 0 Å². The van der Waals surface area contributed by atoms with Crippen molar-refractivity contribution < 1.29 is 0 Å². The van der Waals surface area contributed by atoms with E-state index in [0.29, 0.717) is 6.04 Å². The van der Waals surface area contributed by atoms with Crippen molar-refractivity contribution in [3.05, 3.63) is 89.5 Å². The van der Waals surface area contributed by atoms with Gasteiger partial charge in [0.2, 0.25) is 0 Å². The number of hydrogen-bond acceptors (Lipinski definition) is 2. The van der Waals surface area contributed by atoms with E-state index in [4.69, 9.17) is 0 Å². The largest absolute Gasteiger partial charge is 0.333 e. The second kappa shape index (κ2) is 5.78. The molecule has 0 unspecified atom stereocenters. The summed E-state index contributed by atoms with van der Waals surface area (Å²) in [6.45, 7) is 1.91. The Labute approximate surface area is 130 Å². The fourth-order valence-electron chi connectivity index (χ4n) is 3.21. The van der Waals surface area contributed by atoms with Gasteiger partial charge in [0.1, 0.15) is 0 Å². The maximum atomic E-state index is 4.09. The van der Waals surface area contributed by atoms with Crippen molar-refractivity contribution in [2.45, 2.75) is 19.0 Å². The standard InChI is InChI=1S/C19H19N3/c1-2-4-18-16(3-1)9-10-21-19(18)17-7-5-15(6-8-17)13-22-12-11-20-14-22/h1-8,11-12,14,19,21H,9-10,13H2/t19-/m0/s1. The first-order valence-corrected chi connectivity index (χ1v) is 7.76. The number of aromatic nitrogens is 2. The maximum Gasteiger partial charge on any atom is 0.0949 e. The third kappa shape index (κ3) is 2.55. The van der Waals surface area contributed by atoms with Crippen molar-refractivity contribution >= 4 is 0 Å². The first-order valence-electron chi connectivity index (χ1n) is 7.76. The second-order valence-electron chi connectivity index (χ2n) is 5.81. The number of rotatable bonds is 3. The van der Waals surface area contributed by atoms with E-state index in [2.05, 4.69) is 63.4 Å². The molecule has 2 aromatic carbocycles. The summed E-state index contributed by atoms with van der Waals surface area (Å²) in [5, 5.41) is 3.64. The molecule has 0 amide bonds. The number of nitrogens with one attached hydrogen (secondary N) is 1. The minimum atomic E-state index is 0.312. The Kier molecular flexibility index (Phi) is 3.49. The highest BCUT2D eigenvalue weighted by Gasteiger charge is 2.20. The van der Waals surface area contributed by atoms with Crippen LogP contribution in [0.3, 0.4) is 0 Å². The molecule has 3 aromatic rings. The number of benzene rings is 2. The van der Waals surface area contributed by atoms with Crippen molar-refractivity contribution in [1.82, 2.24) is 14.9 Å². The van der Waals surface area contributed by atoms with Crippen molar-refractivity contribution in [3.8, 4) is 0 Å². The predicted molar refractivity (Wildman–Crippen MR) is 87.8 cm³/mol. The SMILES string of the molecule is c1ccc2c(c1)CCN[C@H]2c1ccc(Cn2ccnc2)cc1. The van der Waals surface area contributed by atoms with E-state index in [-0.39, 0.29) is 0 Å². The highest BCUT2D eigenvalue weighted by molar-refractivity contribution is 5.40. The molecule has 1 aliphatic rings. The number of nitrogens with zero attached hydrogens (tertiary/aromatic N) is 2. The molecule has 0 radical (unpaired) electrons. The Morgan fingerprint density at radius 2 is 1.95 bits per heavy atom. The van der Waals surface area contributed by atoms with Crippen LogP contribution in [0.5, 0.6) is 0 Å². The van der Waals surface area contributed by atoms with E-state index in [1.807, 2.05) is 18.7 Å². The predicted octanol–water partition coefficient (Wildman–Crippen LogP) is 3.17. The Morgan fingerprint density at radius 3 is 2.77 bits per heavy atom. The molecule has 0 saturated carbocycles. The number of hydrogen-bond donors (Lipinski definition) is 1.